The molecule has 0 aromatic carbocycles. The standard InChI is InChI=1S/C10H20N6/c1-3-16-6-4-8(5-7-16)15(2)10-12-9(11)13-14-10/h8H,3-7H2,1-2H3,(H3,11,12,13,14). The van der Waals surface area contributed by atoms with Crippen LogP contribution in [0.5, 0.6) is 0 Å². The Morgan fingerprint density at radius 1 is 1.50 bits per heavy atom. The topological polar surface area (TPSA) is 74.1 Å². The second-order valence-corrected chi connectivity index (χ2v) is 4.30. The number of likely N-dealkylation sites (tertiary alicyclic amines) is 1. The van der Waals surface area contributed by atoms with E-state index in [9.17, 15) is 0 Å². The van der Waals surface area contributed by atoms with Gasteiger partial charge in [0.1, 0.15) is 0 Å². The van der Waals surface area contributed by atoms with Gasteiger partial charge < -0.3 is 15.5 Å². The van der Waals surface area contributed by atoms with Crippen molar-refractivity contribution in [3.05, 3.63) is 0 Å². The third-order valence-electron chi connectivity index (χ3n) is 3.36. The lowest BCUT2D eigenvalue weighted by atomic mass is 10.0. The molecule has 1 aliphatic rings. The maximum Gasteiger partial charge on any atom is 0.246 e. The van der Waals surface area contributed by atoms with Crippen molar-refractivity contribution in [2.45, 2.75) is 25.8 Å². The lowest BCUT2D eigenvalue weighted by Crippen LogP contribution is -2.43. The van der Waals surface area contributed by atoms with Crippen LogP contribution >= 0.6 is 0 Å². The van der Waals surface area contributed by atoms with Crippen molar-refractivity contribution in [2.24, 2.45) is 0 Å². The Balaban J connectivity index is 1.93. The number of hydrogen-bond acceptors (Lipinski definition) is 5. The molecular weight excluding hydrogens is 204 g/mol. The summed E-state index contributed by atoms with van der Waals surface area (Å²) in [5.41, 5.74) is 5.53. The summed E-state index contributed by atoms with van der Waals surface area (Å²) in [6, 6.07) is 0.526. The van der Waals surface area contributed by atoms with E-state index in [2.05, 4.69) is 31.9 Å². The predicted octanol–water partition coefficient (Wildman–Crippen LogP) is 0.307. The maximum absolute atomic E-state index is 5.53. The molecule has 1 fully saturated rings. The highest BCUT2D eigenvalue weighted by atomic mass is 15.4. The Bertz CT molecular complexity index is 328. The van der Waals surface area contributed by atoms with Crippen LogP contribution in [0.25, 0.3) is 0 Å². The summed E-state index contributed by atoms with van der Waals surface area (Å²) in [4.78, 5) is 8.74. The number of aromatic nitrogens is 3. The number of nitrogens with zero attached hydrogens (tertiary/aromatic N) is 4. The quantitative estimate of drug-likeness (QED) is 0.773. The number of nitrogen functional groups attached to an aromatic ring is 1. The molecule has 1 saturated heterocycles. The summed E-state index contributed by atoms with van der Waals surface area (Å²) in [5, 5.41) is 6.75. The third kappa shape index (κ3) is 2.27. The van der Waals surface area contributed by atoms with Crippen molar-refractivity contribution in [3.8, 4) is 0 Å². The molecule has 1 aromatic heterocycles. The van der Waals surface area contributed by atoms with Crippen LogP contribution in [0.4, 0.5) is 11.9 Å². The van der Waals surface area contributed by atoms with Crippen molar-refractivity contribution in [1.29, 1.82) is 0 Å². The first kappa shape index (κ1) is 11.2. The summed E-state index contributed by atoms with van der Waals surface area (Å²) in [6.45, 7) is 5.67. The van der Waals surface area contributed by atoms with Crippen LogP contribution in [0.2, 0.25) is 0 Å². The van der Waals surface area contributed by atoms with Crippen molar-refractivity contribution in [3.63, 3.8) is 0 Å². The molecule has 6 heteroatoms. The third-order valence-corrected chi connectivity index (χ3v) is 3.36. The van der Waals surface area contributed by atoms with Crippen molar-refractivity contribution in [1.82, 2.24) is 20.1 Å². The van der Waals surface area contributed by atoms with Gasteiger partial charge in [-0.25, -0.2) is 5.10 Å². The lowest BCUT2D eigenvalue weighted by Gasteiger charge is -2.35. The van der Waals surface area contributed by atoms with E-state index in [0.717, 1.165) is 19.6 Å². The molecule has 1 aliphatic heterocycles. The number of piperidine rings is 1. The lowest BCUT2D eigenvalue weighted by molar-refractivity contribution is 0.220. The van der Waals surface area contributed by atoms with Gasteiger partial charge in [-0.15, -0.1) is 5.10 Å². The van der Waals surface area contributed by atoms with Gasteiger partial charge in [0.2, 0.25) is 11.9 Å². The van der Waals surface area contributed by atoms with Crippen molar-refractivity contribution in [2.75, 3.05) is 37.3 Å². The van der Waals surface area contributed by atoms with Crippen LogP contribution in [0, 0.1) is 0 Å². The molecule has 2 heterocycles. The zero-order valence-corrected chi connectivity index (χ0v) is 9.98. The molecule has 0 bridgehead atoms. The van der Waals surface area contributed by atoms with E-state index in [1.54, 1.807) is 0 Å². The number of nitrogens with two attached hydrogens (primary N) is 1. The minimum Gasteiger partial charge on any atom is -0.368 e. The van der Waals surface area contributed by atoms with E-state index < -0.39 is 0 Å². The summed E-state index contributed by atoms with van der Waals surface area (Å²) in [7, 11) is 2.04. The fraction of sp³-hybridized carbons (Fsp3) is 0.800. The molecule has 0 spiro atoms. The largest absolute Gasteiger partial charge is 0.368 e. The fourth-order valence-electron chi connectivity index (χ4n) is 2.21. The normalized spacial score (nSPS) is 18.9. The van der Waals surface area contributed by atoms with Crippen molar-refractivity contribution >= 4 is 11.9 Å². The highest BCUT2D eigenvalue weighted by Gasteiger charge is 2.23. The van der Waals surface area contributed by atoms with E-state index in [1.165, 1.54) is 12.8 Å². The van der Waals surface area contributed by atoms with Gasteiger partial charge in [0, 0.05) is 26.2 Å². The SMILES string of the molecule is CCN1CCC(N(C)c2n[nH]c(N)n2)CC1. The molecule has 0 atom stereocenters. The van der Waals surface area contributed by atoms with Crippen LogP contribution in [0.3, 0.4) is 0 Å². The van der Waals surface area contributed by atoms with Crippen molar-refractivity contribution < 1.29 is 0 Å². The summed E-state index contributed by atoms with van der Waals surface area (Å²) >= 11 is 0. The van der Waals surface area contributed by atoms with Gasteiger partial charge in [0.25, 0.3) is 0 Å². The highest BCUT2D eigenvalue weighted by molar-refractivity contribution is 5.34. The van der Waals surface area contributed by atoms with Crippen LogP contribution in [-0.4, -0.2) is 52.8 Å². The monoisotopic (exact) mass is 224 g/mol. The Morgan fingerprint density at radius 2 is 2.19 bits per heavy atom. The molecular formula is C10H20N6. The number of H-pyrrole nitrogens is 1. The molecule has 6 nitrogen and oxygen atoms in total. The zero-order chi connectivity index (χ0) is 11.5. The zero-order valence-electron chi connectivity index (χ0n) is 9.98. The Kier molecular flexibility index (Phi) is 3.28. The molecule has 0 radical (unpaired) electrons. The average molecular weight is 224 g/mol. The number of anilines is 2. The first-order valence-corrected chi connectivity index (χ1v) is 5.83. The Labute approximate surface area is 95.8 Å². The Hall–Kier alpha value is -1.30. The second kappa shape index (κ2) is 4.69. The van der Waals surface area contributed by atoms with Gasteiger partial charge in [0.05, 0.1) is 0 Å². The minimum atomic E-state index is 0.382. The molecule has 16 heavy (non-hydrogen) atoms. The van der Waals surface area contributed by atoms with E-state index in [4.69, 9.17) is 5.73 Å². The van der Waals surface area contributed by atoms with Crippen LogP contribution < -0.4 is 10.6 Å². The first-order valence-electron chi connectivity index (χ1n) is 5.83. The van der Waals surface area contributed by atoms with E-state index in [-0.39, 0.29) is 0 Å². The summed E-state index contributed by atoms with van der Waals surface area (Å²) in [5.74, 6) is 1.08. The molecule has 90 valence electrons. The molecule has 3 N–H and O–H groups in total. The van der Waals surface area contributed by atoms with E-state index in [0.29, 0.717) is 17.9 Å². The molecule has 0 aliphatic carbocycles. The highest BCUT2D eigenvalue weighted by Crippen LogP contribution is 2.19. The average Bonchev–Trinajstić information content (AvgIpc) is 2.75. The first-order chi connectivity index (χ1) is 7.70. The molecule has 1 aromatic rings. The Morgan fingerprint density at radius 3 is 2.69 bits per heavy atom. The predicted molar refractivity (Wildman–Crippen MR) is 64.3 cm³/mol. The van der Waals surface area contributed by atoms with Crippen LogP contribution in [0.15, 0.2) is 0 Å². The van der Waals surface area contributed by atoms with Crippen LogP contribution in [-0.2, 0) is 0 Å². The van der Waals surface area contributed by atoms with Gasteiger partial charge in [-0.05, 0) is 19.4 Å². The molecule has 0 unspecified atom stereocenters. The van der Waals surface area contributed by atoms with E-state index in [1.807, 2.05) is 7.05 Å². The van der Waals surface area contributed by atoms with Gasteiger partial charge in [0.15, 0.2) is 0 Å². The molecule has 2 rings (SSSR count). The number of hydrogen-bond donors (Lipinski definition) is 2. The van der Waals surface area contributed by atoms with Gasteiger partial charge in [-0.2, -0.15) is 4.98 Å². The van der Waals surface area contributed by atoms with Gasteiger partial charge in [-0.1, -0.05) is 6.92 Å². The van der Waals surface area contributed by atoms with Crippen LogP contribution in [0.1, 0.15) is 19.8 Å². The molecule has 0 amide bonds. The maximum atomic E-state index is 5.53. The number of aromatic amines is 1. The smallest absolute Gasteiger partial charge is 0.246 e. The minimum absolute atomic E-state index is 0.382. The molecule has 0 saturated carbocycles. The van der Waals surface area contributed by atoms with Gasteiger partial charge in [-0.3, -0.25) is 0 Å². The number of rotatable bonds is 3. The van der Waals surface area contributed by atoms with Gasteiger partial charge >= 0.3 is 0 Å². The summed E-state index contributed by atoms with van der Waals surface area (Å²) < 4.78 is 0. The fourth-order valence-corrected chi connectivity index (χ4v) is 2.21. The van der Waals surface area contributed by atoms with E-state index >= 15 is 0 Å². The summed E-state index contributed by atoms with van der Waals surface area (Å²) in [6.07, 6.45) is 2.33. The second-order valence-electron chi connectivity index (χ2n) is 4.30. The number of nitrogens with one attached hydrogen (secondary N) is 1.